The number of likely N-dealkylation sites (N-methyl/N-ethyl adjacent to an activating group) is 1. The maximum Gasteiger partial charge on any atom is 0.271 e. The molecule has 3 atom stereocenters. The van der Waals surface area contributed by atoms with Crippen LogP contribution >= 0.6 is 11.6 Å². The number of carbonyl (C=O) groups excluding carboxylic acids is 2. The number of amides is 2. The quantitative estimate of drug-likeness (QED) is 0.717. The molecule has 0 spiro atoms. The van der Waals surface area contributed by atoms with Gasteiger partial charge in [-0.05, 0) is 51.4 Å². The molecule has 2 amide bonds. The maximum absolute atomic E-state index is 13.5. The predicted octanol–water partition coefficient (Wildman–Crippen LogP) is 3.61. The predicted molar refractivity (Wildman–Crippen MR) is 119 cm³/mol. The van der Waals surface area contributed by atoms with E-state index in [0.29, 0.717) is 35.3 Å². The molecule has 162 valence electrons. The molecule has 0 saturated carbocycles. The minimum absolute atomic E-state index is 0.118. The molecule has 30 heavy (non-hydrogen) atoms. The molecule has 2 aliphatic rings. The second-order valence-electron chi connectivity index (χ2n) is 8.40. The van der Waals surface area contributed by atoms with Crippen LogP contribution < -0.4 is 20.3 Å². The van der Waals surface area contributed by atoms with Gasteiger partial charge in [-0.25, -0.2) is 0 Å². The molecular weight excluding hydrogens is 404 g/mol. The van der Waals surface area contributed by atoms with Crippen LogP contribution in [0.5, 0.6) is 5.88 Å². The molecule has 2 heterocycles. The fourth-order valence-corrected chi connectivity index (χ4v) is 4.02. The number of carbonyl (C=O) groups is 2. The number of halogens is 1. The molecule has 1 aliphatic heterocycles. The Hall–Kier alpha value is -2.38. The Kier molecular flexibility index (Phi) is 6.53. The molecule has 7 nitrogen and oxygen atoms in total. The molecule has 1 aliphatic carbocycles. The van der Waals surface area contributed by atoms with Gasteiger partial charge in [0.15, 0.2) is 5.60 Å². The average molecular weight is 433 g/mol. The van der Waals surface area contributed by atoms with Crippen molar-refractivity contribution in [1.29, 1.82) is 0 Å². The van der Waals surface area contributed by atoms with Crippen LogP contribution in [0.3, 0.4) is 0 Å². The van der Waals surface area contributed by atoms with Crippen molar-refractivity contribution in [3.05, 3.63) is 35.4 Å². The van der Waals surface area contributed by atoms with Gasteiger partial charge in [-0.1, -0.05) is 37.6 Å². The van der Waals surface area contributed by atoms with E-state index in [-0.39, 0.29) is 29.8 Å². The highest BCUT2D eigenvalue weighted by molar-refractivity contribution is 6.29. The minimum atomic E-state index is -1.06. The molecular formula is C22H29ClN4O3. The molecule has 3 rings (SSSR count). The van der Waals surface area contributed by atoms with Crippen molar-refractivity contribution in [2.45, 2.75) is 58.2 Å². The van der Waals surface area contributed by atoms with Gasteiger partial charge in [-0.3, -0.25) is 14.5 Å². The highest BCUT2D eigenvalue weighted by Gasteiger charge is 2.47. The third-order valence-electron chi connectivity index (χ3n) is 5.31. The lowest BCUT2D eigenvalue weighted by Crippen LogP contribution is -2.58. The van der Waals surface area contributed by atoms with E-state index in [4.69, 9.17) is 16.3 Å². The molecule has 8 heteroatoms. The average Bonchev–Trinajstić information content (AvgIpc) is 2.67. The molecule has 0 radical (unpaired) electrons. The Balaban J connectivity index is 2.00. The summed E-state index contributed by atoms with van der Waals surface area (Å²) >= 11 is 6.26. The SMILES string of the molecule is CN[C@@H](C)C(=O)Nc1ccc2c(n1)O[C@@](C)(CC(C)C)C(=O)N2C1C=CC=C(Cl)C1. The van der Waals surface area contributed by atoms with Crippen molar-refractivity contribution in [3.8, 4) is 5.88 Å². The number of rotatable bonds is 6. The lowest BCUT2D eigenvalue weighted by atomic mass is 9.90. The van der Waals surface area contributed by atoms with Crippen LogP contribution in [-0.4, -0.2) is 41.5 Å². The van der Waals surface area contributed by atoms with E-state index in [1.807, 2.05) is 32.1 Å². The second kappa shape index (κ2) is 8.78. The topological polar surface area (TPSA) is 83.6 Å². The molecule has 0 saturated heterocycles. The fourth-order valence-electron chi connectivity index (χ4n) is 3.79. The number of aromatic nitrogens is 1. The summed E-state index contributed by atoms with van der Waals surface area (Å²) in [5.74, 6) is 0.621. The largest absolute Gasteiger partial charge is 0.460 e. The van der Waals surface area contributed by atoms with Gasteiger partial charge in [0.1, 0.15) is 11.5 Å². The zero-order chi connectivity index (χ0) is 22.1. The van der Waals surface area contributed by atoms with Crippen molar-refractivity contribution in [1.82, 2.24) is 10.3 Å². The smallest absolute Gasteiger partial charge is 0.271 e. The van der Waals surface area contributed by atoms with Crippen molar-refractivity contribution < 1.29 is 14.3 Å². The van der Waals surface area contributed by atoms with Crippen LogP contribution in [0.1, 0.15) is 40.5 Å². The number of hydrogen-bond donors (Lipinski definition) is 2. The molecule has 0 aromatic carbocycles. The number of anilines is 2. The van der Waals surface area contributed by atoms with E-state index in [1.165, 1.54) is 0 Å². The number of pyridine rings is 1. The first-order chi connectivity index (χ1) is 14.1. The Labute approximate surface area is 182 Å². The van der Waals surface area contributed by atoms with Crippen molar-refractivity contribution in [2.24, 2.45) is 5.92 Å². The first-order valence-electron chi connectivity index (χ1n) is 10.2. The van der Waals surface area contributed by atoms with Gasteiger partial charge >= 0.3 is 0 Å². The van der Waals surface area contributed by atoms with Crippen molar-refractivity contribution in [3.63, 3.8) is 0 Å². The van der Waals surface area contributed by atoms with E-state index in [9.17, 15) is 9.59 Å². The van der Waals surface area contributed by atoms with Gasteiger partial charge in [-0.15, -0.1) is 0 Å². The van der Waals surface area contributed by atoms with Gasteiger partial charge in [0.25, 0.3) is 5.91 Å². The lowest BCUT2D eigenvalue weighted by Gasteiger charge is -2.43. The van der Waals surface area contributed by atoms with Crippen LogP contribution in [0.25, 0.3) is 0 Å². The monoisotopic (exact) mass is 432 g/mol. The van der Waals surface area contributed by atoms with Crippen molar-refractivity contribution >= 4 is 34.9 Å². The van der Waals surface area contributed by atoms with E-state index < -0.39 is 5.60 Å². The van der Waals surface area contributed by atoms with Crippen LogP contribution in [0, 0.1) is 5.92 Å². The molecule has 1 aromatic heterocycles. The summed E-state index contributed by atoms with van der Waals surface area (Å²) < 4.78 is 6.16. The summed E-state index contributed by atoms with van der Waals surface area (Å²) in [6.07, 6.45) is 6.71. The van der Waals surface area contributed by atoms with Crippen LogP contribution in [-0.2, 0) is 9.59 Å². The molecule has 0 bridgehead atoms. The van der Waals surface area contributed by atoms with Crippen LogP contribution in [0.2, 0.25) is 0 Å². The summed E-state index contributed by atoms with van der Waals surface area (Å²) in [4.78, 5) is 32.0. The van der Waals surface area contributed by atoms with E-state index in [2.05, 4.69) is 15.6 Å². The van der Waals surface area contributed by atoms with E-state index in [0.717, 1.165) is 0 Å². The summed E-state index contributed by atoms with van der Waals surface area (Å²) in [6.45, 7) is 7.65. The molecule has 1 aromatic rings. The first-order valence-corrected chi connectivity index (χ1v) is 10.6. The molecule has 0 fully saturated rings. The summed E-state index contributed by atoms with van der Waals surface area (Å²) in [7, 11) is 1.71. The third-order valence-corrected chi connectivity index (χ3v) is 5.59. The summed E-state index contributed by atoms with van der Waals surface area (Å²) in [6, 6.07) is 2.84. The van der Waals surface area contributed by atoms with Gasteiger partial charge in [-0.2, -0.15) is 4.98 Å². The first kappa shape index (κ1) is 22.3. The van der Waals surface area contributed by atoms with E-state index in [1.54, 1.807) is 37.9 Å². The van der Waals surface area contributed by atoms with E-state index >= 15 is 0 Å². The normalized spacial score (nSPS) is 24.2. The summed E-state index contributed by atoms with van der Waals surface area (Å²) in [5, 5.41) is 6.36. The highest BCUT2D eigenvalue weighted by atomic mass is 35.5. The lowest BCUT2D eigenvalue weighted by molar-refractivity contribution is -0.136. The zero-order valence-electron chi connectivity index (χ0n) is 18.0. The van der Waals surface area contributed by atoms with Gasteiger partial charge in [0.05, 0.1) is 12.1 Å². The van der Waals surface area contributed by atoms with Crippen molar-refractivity contribution in [2.75, 3.05) is 17.3 Å². The fraction of sp³-hybridized carbons (Fsp3) is 0.500. The Bertz CT molecular complexity index is 898. The van der Waals surface area contributed by atoms with Crippen LogP contribution in [0.15, 0.2) is 35.4 Å². The number of nitrogens with zero attached hydrogens (tertiary/aromatic N) is 2. The number of hydrogen-bond acceptors (Lipinski definition) is 5. The number of allylic oxidation sites excluding steroid dienone is 2. The zero-order valence-corrected chi connectivity index (χ0v) is 18.8. The molecule has 1 unspecified atom stereocenters. The Morgan fingerprint density at radius 3 is 2.77 bits per heavy atom. The third kappa shape index (κ3) is 4.52. The minimum Gasteiger partial charge on any atom is -0.460 e. The van der Waals surface area contributed by atoms with Gasteiger partial charge < -0.3 is 15.4 Å². The molecule has 2 N–H and O–H groups in total. The number of fused-ring (bicyclic) bond motifs is 1. The van der Waals surface area contributed by atoms with Gasteiger partial charge in [0.2, 0.25) is 11.8 Å². The maximum atomic E-state index is 13.5. The summed E-state index contributed by atoms with van der Waals surface area (Å²) in [5.41, 5.74) is -0.488. The second-order valence-corrected chi connectivity index (χ2v) is 8.88. The van der Waals surface area contributed by atoms with Gasteiger partial charge in [0, 0.05) is 11.5 Å². The standard InChI is InChI=1S/C22H29ClN4O3/c1-13(2)12-22(4)21(29)27(16-8-6-7-15(23)11-16)17-9-10-18(26-20(17)30-22)25-19(28)14(3)24-5/h6-10,13-14,16,24H,11-12H2,1-5H3,(H,25,26,28)/t14-,16?,22-/m0/s1. The number of nitrogens with one attached hydrogen (secondary N) is 2. The Morgan fingerprint density at radius 2 is 2.13 bits per heavy atom. The van der Waals surface area contributed by atoms with Crippen LogP contribution in [0.4, 0.5) is 11.5 Å². The highest BCUT2D eigenvalue weighted by Crippen LogP contribution is 2.42. The number of ether oxygens (including phenoxy) is 1. The Morgan fingerprint density at radius 1 is 1.40 bits per heavy atom.